The molecule has 1 saturated heterocycles. The molecule has 1 atom stereocenters. The van der Waals surface area contributed by atoms with Crippen molar-refractivity contribution in [3.8, 4) is 11.8 Å². The van der Waals surface area contributed by atoms with Gasteiger partial charge in [0.15, 0.2) is 0 Å². The Morgan fingerprint density at radius 2 is 1.88 bits per heavy atom. The second kappa shape index (κ2) is 6.52. The van der Waals surface area contributed by atoms with Crippen LogP contribution in [0.2, 0.25) is 0 Å². The van der Waals surface area contributed by atoms with Gasteiger partial charge in [0.2, 0.25) is 0 Å². The second-order valence-electron chi connectivity index (χ2n) is 6.45. The standard InChI is InChI=1S/C20H19N3O3/c1-13-4-9-17(26-3)15(10-13)12-23-18(24)20(2,22-19(23)25)16-7-5-14(11-21)6-8-16/h4-10H,12H2,1-3H3,(H,22,25)/t20-/m0/s1. The van der Waals surface area contributed by atoms with E-state index in [0.717, 1.165) is 11.1 Å². The van der Waals surface area contributed by atoms with E-state index in [9.17, 15) is 9.59 Å². The fourth-order valence-corrected chi connectivity index (χ4v) is 3.12. The lowest BCUT2D eigenvalue weighted by atomic mass is 9.91. The summed E-state index contributed by atoms with van der Waals surface area (Å²) < 4.78 is 5.34. The summed E-state index contributed by atoms with van der Waals surface area (Å²) in [4.78, 5) is 26.7. The highest BCUT2D eigenvalue weighted by molar-refractivity contribution is 6.07. The van der Waals surface area contributed by atoms with E-state index in [1.165, 1.54) is 4.90 Å². The van der Waals surface area contributed by atoms with E-state index in [2.05, 4.69) is 5.32 Å². The normalized spacial score (nSPS) is 19.2. The van der Waals surface area contributed by atoms with Crippen LogP contribution in [0.15, 0.2) is 42.5 Å². The van der Waals surface area contributed by atoms with E-state index >= 15 is 0 Å². The molecule has 0 aromatic heterocycles. The Morgan fingerprint density at radius 3 is 2.50 bits per heavy atom. The van der Waals surface area contributed by atoms with Gasteiger partial charge < -0.3 is 10.1 Å². The van der Waals surface area contributed by atoms with Gasteiger partial charge in [-0.15, -0.1) is 0 Å². The van der Waals surface area contributed by atoms with Gasteiger partial charge in [0.25, 0.3) is 5.91 Å². The van der Waals surface area contributed by atoms with Crippen molar-refractivity contribution >= 4 is 11.9 Å². The Bertz CT molecular complexity index is 915. The number of carbonyl (C=O) groups is 2. The summed E-state index contributed by atoms with van der Waals surface area (Å²) in [6.07, 6.45) is 0. The molecule has 0 unspecified atom stereocenters. The number of hydrogen-bond donors (Lipinski definition) is 1. The number of benzene rings is 2. The molecule has 3 amide bonds. The number of methoxy groups -OCH3 is 1. The van der Waals surface area contributed by atoms with Crippen molar-refractivity contribution in [3.05, 3.63) is 64.7 Å². The van der Waals surface area contributed by atoms with Gasteiger partial charge in [0.05, 0.1) is 25.3 Å². The van der Waals surface area contributed by atoms with Crippen LogP contribution in [0.5, 0.6) is 5.75 Å². The minimum Gasteiger partial charge on any atom is -0.496 e. The SMILES string of the molecule is COc1ccc(C)cc1CN1C(=O)N[C@@](C)(c2ccc(C#N)cc2)C1=O. The van der Waals surface area contributed by atoms with Crippen LogP contribution in [0, 0.1) is 18.3 Å². The fourth-order valence-electron chi connectivity index (χ4n) is 3.12. The lowest BCUT2D eigenvalue weighted by molar-refractivity contribution is -0.131. The van der Waals surface area contributed by atoms with Gasteiger partial charge in [-0.05, 0) is 37.6 Å². The van der Waals surface area contributed by atoms with Crippen molar-refractivity contribution in [2.45, 2.75) is 25.9 Å². The maximum Gasteiger partial charge on any atom is 0.325 e. The van der Waals surface area contributed by atoms with Gasteiger partial charge >= 0.3 is 6.03 Å². The molecule has 0 aliphatic carbocycles. The van der Waals surface area contributed by atoms with Gasteiger partial charge in [-0.25, -0.2) is 4.79 Å². The first-order valence-electron chi connectivity index (χ1n) is 8.17. The first-order chi connectivity index (χ1) is 12.4. The average molecular weight is 349 g/mol. The van der Waals surface area contributed by atoms with Crippen molar-refractivity contribution in [2.24, 2.45) is 0 Å². The molecule has 1 aliphatic rings. The van der Waals surface area contributed by atoms with Crippen LogP contribution in [0.25, 0.3) is 0 Å². The Labute approximate surface area is 152 Å². The van der Waals surface area contributed by atoms with Crippen LogP contribution in [-0.2, 0) is 16.9 Å². The van der Waals surface area contributed by atoms with Crippen molar-refractivity contribution in [1.82, 2.24) is 10.2 Å². The summed E-state index contributed by atoms with van der Waals surface area (Å²) >= 11 is 0. The molecule has 1 N–H and O–H groups in total. The fraction of sp³-hybridized carbons (Fsp3) is 0.250. The van der Waals surface area contributed by atoms with Crippen molar-refractivity contribution in [2.75, 3.05) is 7.11 Å². The largest absolute Gasteiger partial charge is 0.496 e. The van der Waals surface area contributed by atoms with Crippen LogP contribution < -0.4 is 10.1 Å². The predicted octanol–water partition coefficient (Wildman–Crippen LogP) is 2.84. The zero-order chi connectivity index (χ0) is 18.9. The smallest absolute Gasteiger partial charge is 0.325 e. The Kier molecular flexibility index (Phi) is 4.39. The van der Waals surface area contributed by atoms with E-state index in [1.54, 1.807) is 38.3 Å². The molecule has 26 heavy (non-hydrogen) atoms. The molecule has 0 spiro atoms. The number of ether oxygens (including phenoxy) is 1. The highest BCUT2D eigenvalue weighted by atomic mass is 16.5. The number of nitrogens with zero attached hydrogens (tertiary/aromatic N) is 2. The third kappa shape index (κ3) is 2.88. The van der Waals surface area contributed by atoms with Gasteiger partial charge in [-0.3, -0.25) is 9.69 Å². The summed E-state index contributed by atoms with van der Waals surface area (Å²) in [7, 11) is 1.56. The summed E-state index contributed by atoms with van der Waals surface area (Å²) in [6, 6.07) is 13.9. The lowest BCUT2D eigenvalue weighted by Gasteiger charge is -2.22. The minimum absolute atomic E-state index is 0.126. The van der Waals surface area contributed by atoms with Gasteiger partial charge in [0.1, 0.15) is 11.3 Å². The first-order valence-corrected chi connectivity index (χ1v) is 8.17. The third-order valence-electron chi connectivity index (χ3n) is 4.63. The summed E-state index contributed by atoms with van der Waals surface area (Å²) in [5.74, 6) is 0.291. The maximum absolute atomic E-state index is 13.0. The van der Waals surface area contributed by atoms with Crippen LogP contribution in [0.3, 0.4) is 0 Å². The lowest BCUT2D eigenvalue weighted by Crippen LogP contribution is -2.40. The van der Waals surface area contributed by atoms with E-state index in [0.29, 0.717) is 16.9 Å². The average Bonchev–Trinajstić information content (AvgIpc) is 2.86. The van der Waals surface area contributed by atoms with E-state index in [-0.39, 0.29) is 12.5 Å². The molecule has 3 rings (SSSR count). The van der Waals surface area contributed by atoms with Gasteiger partial charge in [0, 0.05) is 5.56 Å². The molecule has 0 saturated carbocycles. The third-order valence-corrected chi connectivity index (χ3v) is 4.63. The molecule has 0 bridgehead atoms. The zero-order valence-electron chi connectivity index (χ0n) is 14.9. The van der Waals surface area contributed by atoms with Crippen LogP contribution >= 0.6 is 0 Å². The van der Waals surface area contributed by atoms with Crippen LogP contribution in [0.1, 0.15) is 29.2 Å². The molecular formula is C20H19N3O3. The Balaban J connectivity index is 1.91. The number of rotatable bonds is 4. The molecule has 1 fully saturated rings. The van der Waals surface area contributed by atoms with Crippen LogP contribution in [-0.4, -0.2) is 23.9 Å². The number of imide groups is 1. The molecule has 6 nitrogen and oxygen atoms in total. The van der Waals surface area contributed by atoms with Crippen molar-refractivity contribution < 1.29 is 14.3 Å². The quantitative estimate of drug-likeness (QED) is 0.861. The molecule has 132 valence electrons. The number of nitrogens with one attached hydrogen (secondary N) is 1. The molecular weight excluding hydrogens is 330 g/mol. The van der Waals surface area contributed by atoms with E-state index in [1.807, 2.05) is 31.2 Å². The Morgan fingerprint density at radius 1 is 1.19 bits per heavy atom. The number of nitriles is 1. The number of hydrogen-bond acceptors (Lipinski definition) is 4. The molecule has 1 aliphatic heterocycles. The molecule has 0 radical (unpaired) electrons. The molecule has 6 heteroatoms. The molecule has 2 aromatic rings. The predicted molar refractivity (Wildman–Crippen MR) is 95.3 cm³/mol. The minimum atomic E-state index is -1.16. The van der Waals surface area contributed by atoms with Crippen molar-refractivity contribution in [3.63, 3.8) is 0 Å². The number of amides is 3. The van der Waals surface area contributed by atoms with Crippen molar-refractivity contribution in [1.29, 1.82) is 5.26 Å². The maximum atomic E-state index is 13.0. The van der Waals surface area contributed by atoms with Gasteiger partial charge in [-0.1, -0.05) is 29.8 Å². The first kappa shape index (κ1) is 17.5. The van der Waals surface area contributed by atoms with E-state index < -0.39 is 11.6 Å². The zero-order valence-corrected chi connectivity index (χ0v) is 14.9. The molecule has 1 heterocycles. The monoisotopic (exact) mass is 349 g/mol. The number of aryl methyl sites for hydroxylation is 1. The topological polar surface area (TPSA) is 82.4 Å². The summed E-state index contributed by atoms with van der Waals surface area (Å²) in [5.41, 5.74) is 1.74. The summed E-state index contributed by atoms with van der Waals surface area (Å²) in [5, 5.41) is 11.7. The molecule has 2 aromatic carbocycles. The highest BCUT2D eigenvalue weighted by Gasteiger charge is 2.49. The van der Waals surface area contributed by atoms with Gasteiger partial charge in [-0.2, -0.15) is 5.26 Å². The Hall–Kier alpha value is -3.33. The summed E-state index contributed by atoms with van der Waals surface area (Å²) in [6.45, 7) is 3.74. The second-order valence-corrected chi connectivity index (χ2v) is 6.45. The number of carbonyl (C=O) groups excluding carboxylic acids is 2. The van der Waals surface area contributed by atoms with E-state index in [4.69, 9.17) is 10.00 Å². The highest BCUT2D eigenvalue weighted by Crippen LogP contribution is 2.31. The number of urea groups is 1. The van der Waals surface area contributed by atoms with Crippen LogP contribution in [0.4, 0.5) is 4.79 Å².